The Labute approximate surface area is 128 Å². The van der Waals surface area contributed by atoms with Crippen molar-refractivity contribution in [2.24, 2.45) is 0 Å². The van der Waals surface area contributed by atoms with Gasteiger partial charge in [0.1, 0.15) is 0 Å². The first-order valence-electron chi connectivity index (χ1n) is 8.62. The van der Waals surface area contributed by atoms with E-state index in [-0.39, 0.29) is 0 Å². The zero-order valence-electron chi connectivity index (χ0n) is 13.5. The quantitative estimate of drug-likeness (QED) is 0.895. The Hall–Kier alpha value is -1.28. The number of nitrogens with one attached hydrogen (secondary N) is 1. The molecule has 0 amide bonds. The summed E-state index contributed by atoms with van der Waals surface area (Å²) in [5.74, 6) is 0. The summed E-state index contributed by atoms with van der Waals surface area (Å²) >= 11 is 0. The van der Waals surface area contributed by atoms with Gasteiger partial charge in [-0.25, -0.2) is 0 Å². The first-order valence-corrected chi connectivity index (χ1v) is 8.62. The van der Waals surface area contributed by atoms with Crippen LogP contribution in [-0.4, -0.2) is 18.2 Å². The fraction of sp³-hybridized carbons (Fsp3) is 0.579. The van der Waals surface area contributed by atoms with E-state index in [1.54, 1.807) is 22.1 Å². The maximum Gasteiger partial charge on any atom is 0.0486 e. The lowest BCUT2D eigenvalue weighted by Gasteiger charge is -2.16. The largest absolute Gasteiger partial charge is 0.347 e. The van der Waals surface area contributed by atoms with E-state index in [9.17, 15) is 0 Å². The molecule has 0 unspecified atom stereocenters. The fourth-order valence-corrected chi connectivity index (χ4v) is 3.80. The van der Waals surface area contributed by atoms with E-state index in [1.165, 1.54) is 44.0 Å². The molecular formula is C19H28N2. The van der Waals surface area contributed by atoms with Gasteiger partial charge < -0.3 is 9.88 Å². The summed E-state index contributed by atoms with van der Waals surface area (Å²) < 4.78 is 2.43. The lowest BCUT2D eigenvalue weighted by molar-refractivity contribution is 0.619. The smallest absolute Gasteiger partial charge is 0.0486 e. The number of aromatic nitrogens is 1. The second-order valence-electron chi connectivity index (χ2n) is 6.31. The molecule has 1 aromatic heterocycles. The molecule has 0 spiro atoms. The number of nitrogens with zero attached hydrogens (tertiary/aromatic N) is 1. The summed E-state index contributed by atoms with van der Waals surface area (Å²) in [6.07, 6.45) is 11.6. The molecule has 1 heterocycles. The minimum atomic E-state index is 1.06. The van der Waals surface area contributed by atoms with E-state index in [0.717, 1.165) is 19.5 Å². The van der Waals surface area contributed by atoms with E-state index in [1.807, 2.05) is 7.05 Å². The average molecular weight is 284 g/mol. The van der Waals surface area contributed by atoms with Crippen LogP contribution in [0.15, 0.2) is 18.3 Å². The van der Waals surface area contributed by atoms with Crippen molar-refractivity contribution >= 4 is 10.9 Å². The predicted octanol–water partition coefficient (Wildman–Crippen LogP) is 4.08. The molecule has 0 saturated heterocycles. The third-order valence-corrected chi connectivity index (χ3v) is 4.94. The van der Waals surface area contributed by atoms with Crippen molar-refractivity contribution in [3.8, 4) is 0 Å². The standard InChI is InChI=1S/C19H28N2/c1-3-21-14-16(12-13-20-2)19-17-9-7-5-4-6-8-15(17)10-11-18(19)21/h10-11,14,20H,3-9,12-13H2,1-2H3. The Morgan fingerprint density at radius 2 is 1.90 bits per heavy atom. The Morgan fingerprint density at radius 3 is 2.67 bits per heavy atom. The number of aryl methyl sites for hydroxylation is 3. The zero-order valence-corrected chi connectivity index (χ0v) is 13.5. The van der Waals surface area contributed by atoms with E-state index in [0.29, 0.717) is 0 Å². The third kappa shape index (κ3) is 2.87. The molecular weight excluding hydrogens is 256 g/mol. The van der Waals surface area contributed by atoms with Crippen molar-refractivity contribution in [2.75, 3.05) is 13.6 Å². The van der Waals surface area contributed by atoms with Gasteiger partial charge in [0, 0.05) is 23.6 Å². The maximum atomic E-state index is 3.30. The molecule has 1 N–H and O–H groups in total. The molecule has 1 aliphatic carbocycles. The number of rotatable bonds is 4. The molecule has 1 aromatic carbocycles. The topological polar surface area (TPSA) is 17.0 Å². The number of likely N-dealkylation sites (N-methyl/N-ethyl adjacent to an activating group) is 1. The van der Waals surface area contributed by atoms with Gasteiger partial charge in [0.2, 0.25) is 0 Å². The number of hydrogen-bond acceptors (Lipinski definition) is 1. The highest BCUT2D eigenvalue weighted by molar-refractivity contribution is 5.88. The van der Waals surface area contributed by atoms with Crippen LogP contribution in [0.5, 0.6) is 0 Å². The van der Waals surface area contributed by atoms with Gasteiger partial charge in [-0.3, -0.25) is 0 Å². The first-order chi connectivity index (χ1) is 10.3. The molecule has 2 aromatic rings. The highest BCUT2D eigenvalue weighted by Crippen LogP contribution is 2.32. The Kier molecular flexibility index (Phi) is 4.64. The molecule has 2 heteroatoms. The van der Waals surface area contributed by atoms with Crippen LogP contribution in [0.3, 0.4) is 0 Å². The zero-order chi connectivity index (χ0) is 14.7. The predicted molar refractivity (Wildman–Crippen MR) is 91.1 cm³/mol. The summed E-state index contributed by atoms with van der Waals surface area (Å²) in [5, 5.41) is 4.88. The van der Waals surface area contributed by atoms with Crippen molar-refractivity contribution < 1.29 is 0 Å². The van der Waals surface area contributed by atoms with Crippen molar-refractivity contribution in [1.29, 1.82) is 0 Å². The van der Waals surface area contributed by atoms with Gasteiger partial charge in [-0.05, 0) is 75.4 Å². The molecule has 2 nitrogen and oxygen atoms in total. The van der Waals surface area contributed by atoms with Crippen LogP contribution in [0.4, 0.5) is 0 Å². The molecule has 114 valence electrons. The van der Waals surface area contributed by atoms with Crippen LogP contribution in [0.1, 0.15) is 49.3 Å². The second kappa shape index (κ2) is 6.65. The van der Waals surface area contributed by atoms with E-state index in [4.69, 9.17) is 0 Å². The van der Waals surface area contributed by atoms with Crippen molar-refractivity contribution in [3.63, 3.8) is 0 Å². The Balaban J connectivity index is 2.14. The molecule has 0 atom stereocenters. The minimum absolute atomic E-state index is 1.06. The molecule has 0 saturated carbocycles. The summed E-state index contributed by atoms with van der Waals surface area (Å²) in [5.41, 5.74) is 6.26. The number of fused-ring (bicyclic) bond motifs is 3. The van der Waals surface area contributed by atoms with Gasteiger partial charge in [-0.1, -0.05) is 18.9 Å². The molecule has 0 bridgehead atoms. The van der Waals surface area contributed by atoms with Gasteiger partial charge in [0.15, 0.2) is 0 Å². The van der Waals surface area contributed by atoms with E-state index >= 15 is 0 Å². The first kappa shape index (κ1) is 14.6. The van der Waals surface area contributed by atoms with Gasteiger partial charge >= 0.3 is 0 Å². The van der Waals surface area contributed by atoms with Crippen molar-refractivity contribution in [3.05, 3.63) is 35.0 Å². The molecule has 0 fully saturated rings. The summed E-state index contributed by atoms with van der Waals surface area (Å²) in [4.78, 5) is 0. The van der Waals surface area contributed by atoms with Crippen LogP contribution >= 0.6 is 0 Å². The summed E-state index contributed by atoms with van der Waals surface area (Å²) in [6, 6.07) is 4.76. The number of benzene rings is 1. The molecule has 0 aliphatic heterocycles. The SMILES string of the molecule is CCn1cc(CCNC)c2c3c(ccc21)CCCCCC3. The van der Waals surface area contributed by atoms with Crippen molar-refractivity contribution in [1.82, 2.24) is 9.88 Å². The van der Waals surface area contributed by atoms with Crippen LogP contribution < -0.4 is 5.32 Å². The Morgan fingerprint density at radius 1 is 1.10 bits per heavy atom. The maximum absolute atomic E-state index is 3.30. The summed E-state index contributed by atoms with van der Waals surface area (Å²) in [7, 11) is 2.05. The van der Waals surface area contributed by atoms with E-state index in [2.05, 4.69) is 35.1 Å². The molecule has 1 aliphatic rings. The molecule has 0 radical (unpaired) electrons. The highest BCUT2D eigenvalue weighted by Gasteiger charge is 2.16. The fourth-order valence-electron chi connectivity index (χ4n) is 3.80. The molecule has 21 heavy (non-hydrogen) atoms. The normalized spacial score (nSPS) is 15.7. The van der Waals surface area contributed by atoms with Crippen molar-refractivity contribution in [2.45, 2.75) is 58.4 Å². The van der Waals surface area contributed by atoms with Gasteiger partial charge in [0.05, 0.1) is 0 Å². The second-order valence-corrected chi connectivity index (χ2v) is 6.31. The minimum Gasteiger partial charge on any atom is -0.347 e. The van der Waals surface area contributed by atoms with Crippen LogP contribution in [0.2, 0.25) is 0 Å². The van der Waals surface area contributed by atoms with Crippen LogP contribution in [-0.2, 0) is 25.8 Å². The van der Waals surface area contributed by atoms with Gasteiger partial charge in [0.25, 0.3) is 0 Å². The lowest BCUT2D eigenvalue weighted by atomic mass is 9.89. The summed E-state index contributed by atoms with van der Waals surface area (Å²) in [6.45, 7) is 4.37. The lowest BCUT2D eigenvalue weighted by Crippen LogP contribution is -2.10. The average Bonchev–Trinajstić information content (AvgIpc) is 2.83. The number of hydrogen-bond donors (Lipinski definition) is 1. The Bertz CT molecular complexity index is 610. The monoisotopic (exact) mass is 284 g/mol. The third-order valence-electron chi connectivity index (χ3n) is 4.94. The van der Waals surface area contributed by atoms with Crippen LogP contribution in [0, 0.1) is 0 Å². The van der Waals surface area contributed by atoms with E-state index < -0.39 is 0 Å². The molecule has 3 rings (SSSR count). The van der Waals surface area contributed by atoms with Gasteiger partial charge in [-0.2, -0.15) is 0 Å². The highest BCUT2D eigenvalue weighted by atomic mass is 14.9. The van der Waals surface area contributed by atoms with Crippen LogP contribution in [0.25, 0.3) is 10.9 Å². The van der Waals surface area contributed by atoms with Gasteiger partial charge in [-0.15, -0.1) is 0 Å².